The van der Waals surface area contributed by atoms with E-state index in [1.54, 1.807) is 6.33 Å². The second kappa shape index (κ2) is 9.83. The SMILES string of the molecule is C=CCN(CC=C)Cc1ccc2c(NCCCCC)ncnc2c1. The fourth-order valence-corrected chi connectivity index (χ4v) is 2.75. The van der Waals surface area contributed by atoms with E-state index in [0.29, 0.717) is 0 Å². The number of rotatable bonds is 11. The normalized spacial score (nSPS) is 10.9. The molecule has 0 saturated heterocycles. The molecule has 2 rings (SSSR count). The third-order valence-electron chi connectivity index (χ3n) is 3.95. The molecule has 4 heteroatoms. The van der Waals surface area contributed by atoms with Gasteiger partial charge < -0.3 is 5.32 Å². The summed E-state index contributed by atoms with van der Waals surface area (Å²) in [6.45, 7) is 13.4. The van der Waals surface area contributed by atoms with Crippen molar-refractivity contribution >= 4 is 16.7 Å². The number of aromatic nitrogens is 2. The molecule has 1 N–H and O–H groups in total. The maximum atomic E-state index is 4.44. The van der Waals surface area contributed by atoms with Crippen molar-refractivity contribution in [3.63, 3.8) is 0 Å². The Morgan fingerprint density at radius 1 is 1.12 bits per heavy atom. The molecule has 4 nitrogen and oxygen atoms in total. The van der Waals surface area contributed by atoms with Crippen LogP contribution in [0.5, 0.6) is 0 Å². The Kier molecular flexibility index (Phi) is 7.43. The molecule has 0 amide bonds. The van der Waals surface area contributed by atoms with Gasteiger partial charge in [0.05, 0.1) is 5.52 Å². The van der Waals surface area contributed by atoms with Crippen molar-refractivity contribution in [2.45, 2.75) is 32.7 Å². The van der Waals surface area contributed by atoms with Crippen molar-refractivity contribution in [2.24, 2.45) is 0 Å². The summed E-state index contributed by atoms with van der Waals surface area (Å²) in [5.74, 6) is 0.927. The maximum Gasteiger partial charge on any atom is 0.137 e. The molecule has 1 aromatic carbocycles. The number of unbranched alkanes of at least 4 members (excludes halogenated alkanes) is 2. The summed E-state index contributed by atoms with van der Waals surface area (Å²) in [6.07, 6.45) is 9.11. The van der Waals surface area contributed by atoms with E-state index in [4.69, 9.17) is 0 Å². The van der Waals surface area contributed by atoms with Gasteiger partial charge in [0, 0.05) is 31.6 Å². The van der Waals surface area contributed by atoms with Gasteiger partial charge in [0.1, 0.15) is 12.1 Å². The number of nitrogens with zero attached hydrogens (tertiary/aromatic N) is 3. The van der Waals surface area contributed by atoms with Crippen LogP contribution < -0.4 is 5.32 Å². The van der Waals surface area contributed by atoms with Crippen molar-refractivity contribution in [1.29, 1.82) is 0 Å². The van der Waals surface area contributed by atoms with Crippen LogP contribution in [0.4, 0.5) is 5.82 Å². The van der Waals surface area contributed by atoms with Crippen molar-refractivity contribution in [3.8, 4) is 0 Å². The molecule has 0 bridgehead atoms. The van der Waals surface area contributed by atoms with Crippen LogP contribution in [0.1, 0.15) is 31.7 Å². The van der Waals surface area contributed by atoms with Crippen molar-refractivity contribution < 1.29 is 0 Å². The lowest BCUT2D eigenvalue weighted by Gasteiger charge is -2.19. The molecule has 0 fully saturated rings. The first-order valence-electron chi connectivity index (χ1n) is 8.70. The van der Waals surface area contributed by atoms with Gasteiger partial charge in [-0.3, -0.25) is 4.90 Å². The lowest BCUT2D eigenvalue weighted by atomic mass is 10.1. The summed E-state index contributed by atoms with van der Waals surface area (Å²) in [5.41, 5.74) is 2.22. The predicted octanol–water partition coefficient (Wildman–Crippen LogP) is 4.41. The minimum absolute atomic E-state index is 0.845. The Hall–Kier alpha value is -2.20. The first-order valence-corrected chi connectivity index (χ1v) is 8.70. The highest BCUT2D eigenvalue weighted by Gasteiger charge is 2.07. The van der Waals surface area contributed by atoms with E-state index in [-0.39, 0.29) is 0 Å². The minimum Gasteiger partial charge on any atom is -0.369 e. The Balaban J connectivity index is 2.12. The fraction of sp³-hybridized carbons (Fsp3) is 0.400. The number of nitrogens with one attached hydrogen (secondary N) is 1. The monoisotopic (exact) mass is 324 g/mol. The molecule has 1 heterocycles. The summed E-state index contributed by atoms with van der Waals surface area (Å²) < 4.78 is 0. The number of benzene rings is 1. The molecule has 0 spiro atoms. The van der Waals surface area contributed by atoms with Crippen LogP contribution in [0.15, 0.2) is 49.8 Å². The number of fused-ring (bicyclic) bond motifs is 1. The second-order valence-electron chi connectivity index (χ2n) is 5.98. The van der Waals surface area contributed by atoms with Gasteiger partial charge in [0.25, 0.3) is 0 Å². The lowest BCUT2D eigenvalue weighted by molar-refractivity contribution is 0.328. The Bertz CT molecular complexity index is 656. The smallest absolute Gasteiger partial charge is 0.137 e. The average molecular weight is 324 g/mol. The van der Waals surface area contributed by atoms with E-state index in [1.807, 2.05) is 12.2 Å². The van der Waals surface area contributed by atoms with Crippen molar-refractivity contribution in [2.75, 3.05) is 25.0 Å². The molecule has 2 aromatic rings. The summed E-state index contributed by atoms with van der Waals surface area (Å²) in [6, 6.07) is 6.42. The zero-order valence-corrected chi connectivity index (χ0v) is 14.7. The van der Waals surface area contributed by atoms with Crippen molar-refractivity contribution in [3.05, 3.63) is 55.4 Å². The number of hydrogen-bond donors (Lipinski definition) is 1. The molecular weight excluding hydrogens is 296 g/mol. The van der Waals surface area contributed by atoms with Gasteiger partial charge in [0.2, 0.25) is 0 Å². The second-order valence-corrected chi connectivity index (χ2v) is 5.98. The van der Waals surface area contributed by atoms with Gasteiger partial charge in [-0.15, -0.1) is 13.2 Å². The summed E-state index contributed by atoms with van der Waals surface area (Å²) >= 11 is 0. The molecule has 1 aromatic heterocycles. The lowest BCUT2D eigenvalue weighted by Crippen LogP contribution is -2.23. The fourth-order valence-electron chi connectivity index (χ4n) is 2.75. The molecule has 0 radical (unpaired) electrons. The molecule has 24 heavy (non-hydrogen) atoms. The standard InChI is InChI=1S/C20H28N4/c1-4-7-8-11-21-20-18-10-9-17(14-19(18)22-16-23-20)15-24(12-5-2)13-6-3/h5-6,9-10,14,16H,2-4,7-8,11-13,15H2,1H3,(H,21,22,23). The molecular formula is C20H28N4. The molecule has 0 aliphatic rings. The molecule has 0 saturated carbocycles. The summed E-state index contributed by atoms with van der Waals surface area (Å²) in [4.78, 5) is 11.1. The minimum atomic E-state index is 0.845. The zero-order chi connectivity index (χ0) is 17.2. The largest absolute Gasteiger partial charge is 0.369 e. The highest BCUT2D eigenvalue weighted by Crippen LogP contribution is 2.21. The average Bonchev–Trinajstić information content (AvgIpc) is 2.59. The quantitative estimate of drug-likeness (QED) is 0.491. The Morgan fingerprint density at radius 2 is 1.92 bits per heavy atom. The van der Waals surface area contributed by atoms with Crippen molar-refractivity contribution in [1.82, 2.24) is 14.9 Å². The van der Waals surface area contributed by atoms with E-state index in [9.17, 15) is 0 Å². The predicted molar refractivity (Wildman–Crippen MR) is 103 cm³/mol. The zero-order valence-electron chi connectivity index (χ0n) is 14.7. The Morgan fingerprint density at radius 3 is 2.62 bits per heavy atom. The van der Waals surface area contributed by atoms with E-state index < -0.39 is 0 Å². The van der Waals surface area contributed by atoms with E-state index in [2.05, 4.69) is 58.5 Å². The van der Waals surface area contributed by atoms with Gasteiger partial charge in [0.15, 0.2) is 0 Å². The third kappa shape index (κ3) is 5.17. The van der Waals surface area contributed by atoms with Gasteiger partial charge in [-0.2, -0.15) is 0 Å². The summed E-state index contributed by atoms with van der Waals surface area (Å²) in [5, 5.41) is 4.52. The van der Waals surface area contributed by atoms with Crippen LogP contribution in [0, 0.1) is 0 Å². The van der Waals surface area contributed by atoms with Gasteiger partial charge in [-0.05, 0) is 24.1 Å². The van der Waals surface area contributed by atoms with Gasteiger partial charge in [-0.25, -0.2) is 9.97 Å². The summed E-state index contributed by atoms with van der Waals surface area (Å²) in [7, 11) is 0. The third-order valence-corrected chi connectivity index (χ3v) is 3.95. The molecule has 0 unspecified atom stereocenters. The topological polar surface area (TPSA) is 41.0 Å². The maximum absolute atomic E-state index is 4.44. The van der Waals surface area contributed by atoms with E-state index in [0.717, 1.165) is 49.3 Å². The molecule has 128 valence electrons. The van der Waals surface area contributed by atoms with Crippen LogP contribution in [0.3, 0.4) is 0 Å². The first-order chi connectivity index (χ1) is 11.8. The van der Waals surface area contributed by atoms with Crippen LogP contribution in [-0.2, 0) is 6.54 Å². The van der Waals surface area contributed by atoms with E-state index >= 15 is 0 Å². The number of hydrogen-bond acceptors (Lipinski definition) is 4. The highest BCUT2D eigenvalue weighted by atomic mass is 15.1. The van der Waals surface area contributed by atoms with E-state index in [1.165, 1.54) is 18.4 Å². The number of anilines is 1. The molecule has 0 aliphatic carbocycles. The van der Waals surface area contributed by atoms with Crippen LogP contribution in [0.25, 0.3) is 10.9 Å². The molecule has 0 aliphatic heterocycles. The highest BCUT2D eigenvalue weighted by molar-refractivity contribution is 5.89. The Labute approximate surface area is 145 Å². The molecule has 0 atom stereocenters. The van der Waals surface area contributed by atoms with Gasteiger partial charge in [-0.1, -0.05) is 38.0 Å². The van der Waals surface area contributed by atoms with Crippen LogP contribution >= 0.6 is 0 Å². The van der Waals surface area contributed by atoms with Crippen LogP contribution in [-0.4, -0.2) is 34.5 Å². The van der Waals surface area contributed by atoms with Gasteiger partial charge >= 0.3 is 0 Å². The first kappa shape index (κ1) is 18.1. The van der Waals surface area contributed by atoms with Crippen LogP contribution in [0.2, 0.25) is 0 Å².